The van der Waals surface area contributed by atoms with Crippen molar-refractivity contribution in [3.05, 3.63) is 88.5 Å². The second kappa shape index (κ2) is 5.74. The molecule has 1 aliphatic rings. The van der Waals surface area contributed by atoms with E-state index in [0.717, 1.165) is 0 Å². The minimum absolute atomic E-state index is 0.0265. The number of aromatic hydroxyl groups is 3. The third kappa shape index (κ3) is 2.25. The van der Waals surface area contributed by atoms with E-state index in [1.165, 1.54) is 36.4 Å². The lowest BCUT2D eigenvalue weighted by Gasteiger charge is -2.27. The van der Waals surface area contributed by atoms with Crippen LogP contribution in [0.4, 0.5) is 0 Å². The van der Waals surface area contributed by atoms with Crippen molar-refractivity contribution in [3.8, 4) is 17.2 Å². The van der Waals surface area contributed by atoms with Crippen molar-refractivity contribution in [2.75, 3.05) is 0 Å². The second-order valence-corrected chi connectivity index (χ2v) is 6.16. The third-order valence-electron chi connectivity index (χ3n) is 4.64. The van der Waals surface area contributed by atoms with Crippen LogP contribution in [0.1, 0.15) is 43.3 Å². The van der Waals surface area contributed by atoms with Gasteiger partial charge in [-0.2, -0.15) is 0 Å². The third-order valence-corrected chi connectivity index (χ3v) is 4.64. The molecule has 0 heterocycles. The predicted molar refractivity (Wildman–Crippen MR) is 93.9 cm³/mol. The van der Waals surface area contributed by atoms with Gasteiger partial charge in [-0.05, 0) is 47.5 Å². The maximum absolute atomic E-state index is 13.2. The summed E-state index contributed by atoms with van der Waals surface area (Å²) in [7, 11) is 0. The standard InChI is InChI=1S/C21H14O5/c22-12-9-7-11(8-10-12)20(25)17-13-3-1-5-15(23)18(13)21(26)19-14(17)4-2-6-16(19)24/h1-10,17,22-24H. The predicted octanol–water partition coefficient (Wildman–Crippen LogP) is 3.36. The SMILES string of the molecule is O=C1c2c(O)cccc2C(C(=O)c2ccc(O)cc2)c2cccc(O)c21. The van der Waals surface area contributed by atoms with Crippen LogP contribution in [0.2, 0.25) is 0 Å². The molecule has 1 aliphatic carbocycles. The maximum Gasteiger partial charge on any atom is 0.201 e. The van der Waals surface area contributed by atoms with Crippen molar-refractivity contribution >= 4 is 11.6 Å². The number of phenolic OH excluding ortho intramolecular Hbond substituents is 3. The van der Waals surface area contributed by atoms with Crippen LogP contribution in [0.15, 0.2) is 60.7 Å². The molecule has 5 heteroatoms. The van der Waals surface area contributed by atoms with Crippen LogP contribution in [0.3, 0.4) is 0 Å². The van der Waals surface area contributed by atoms with Gasteiger partial charge >= 0.3 is 0 Å². The van der Waals surface area contributed by atoms with E-state index in [1.54, 1.807) is 24.3 Å². The first-order chi connectivity index (χ1) is 12.5. The number of hydrogen-bond donors (Lipinski definition) is 3. The normalized spacial score (nSPS) is 13.2. The number of phenols is 3. The van der Waals surface area contributed by atoms with Gasteiger partial charge in [-0.3, -0.25) is 9.59 Å². The maximum atomic E-state index is 13.2. The molecule has 3 aromatic carbocycles. The number of carbonyl (C=O) groups excluding carboxylic acids is 2. The largest absolute Gasteiger partial charge is 0.508 e. The molecule has 0 fully saturated rings. The van der Waals surface area contributed by atoms with E-state index < -0.39 is 11.7 Å². The van der Waals surface area contributed by atoms with Crippen molar-refractivity contribution in [1.82, 2.24) is 0 Å². The van der Waals surface area contributed by atoms with E-state index in [0.29, 0.717) is 16.7 Å². The van der Waals surface area contributed by atoms with Crippen LogP contribution in [0, 0.1) is 0 Å². The summed E-state index contributed by atoms with van der Waals surface area (Å²) in [6.07, 6.45) is 0. The Labute approximate surface area is 148 Å². The van der Waals surface area contributed by atoms with E-state index in [2.05, 4.69) is 0 Å². The molecule has 0 radical (unpaired) electrons. The van der Waals surface area contributed by atoms with Gasteiger partial charge in [0.05, 0.1) is 17.0 Å². The first kappa shape index (κ1) is 15.9. The Kier molecular flexibility index (Phi) is 3.51. The summed E-state index contributed by atoms with van der Waals surface area (Å²) in [6.45, 7) is 0. The zero-order chi connectivity index (χ0) is 18.4. The lowest BCUT2D eigenvalue weighted by Crippen LogP contribution is -2.25. The zero-order valence-corrected chi connectivity index (χ0v) is 13.5. The highest BCUT2D eigenvalue weighted by Crippen LogP contribution is 2.44. The summed E-state index contributed by atoms with van der Waals surface area (Å²) in [4.78, 5) is 26.0. The quantitative estimate of drug-likeness (QED) is 0.619. The number of rotatable bonds is 2. The van der Waals surface area contributed by atoms with Gasteiger partial charge in [-0.1, -0.05) is 24.3 Å². The number of carbonyl (C=O) groups is 2. The zero-order valence-electron chi connectivity index (χ0n) is 13.5. The van der Waals surface area contributed by atoms with Crippen LogP contribution in [-0.4, -0.2) is 26.9 Å². The minimum atomic E-state index is -0.846. The number of ketones is 2. The highest BCUT2D eigenvalue weighted by molar-refractivity contribution is 6.19. The molecule has 5 nitrogen and oxygen atoms in total. The fourth-order valence-corrected chi connectivity index (χ4v) is 3.46. The summed E-state index contributed by atoms with van der Waals surface area (Å²) >= 11 is 0. The van der Waals surface area contributed by atoms with Gasteiger partial charge in [0.1, 0.15) is 17.2 Å². The van der Waals surface area contributed by atoms with E-state index >= 15 is 0 Å². The van der Waals surface area contributed by atoms with Crippen molar-refractivity contribution in [3.63, 3.8) is 0 Å². The van der Waals surface area contributed by atoms with E-state index in [9.17, 15) is 24.9 Å². The second-order valence-electron chi connectivity index (χ2n) is 6.16. The van der Waals surface area contributed by atoms with Crippen LogP contribution in [0.25, 0.3) is 0 Å². The van der Waals surface area contributed by atoms with Crippen LogP contribution in [0.5, 0.6) is 17.2 Å². The molecule has 3 aromatic rings. The molecule has 3 N–H and O–H groups in total. The van der Waals surface area contributed by atoms with Gasteiger partial charge in [0.2, 0.25) is 5.78 Å². The highest BCUT2D eigenvalue weighted by Gasteiger charge is 2.38. The Bertz CT molecular complexity index is 995. The van der Waals surface area contributed by atoms with Crippen molar-refractivity contribution < 1.29 is 24.9 Å². The van der Waals surface area contributed by atoms with E-state index in [-0.39, 0.29) is 34.2 Å². The topological polar surface area (TPSA) is 94.8 Å². The van der Waals surface area contributed by atoms with Crippen LogP contribution in [-0.2, 0) is 0 Å². The average molecular weight is 346 g/mol. The molecule has 0 saturated carbocycles. The summed E-state index contributed by atoms with van der Waals surface area (Å²) in [6, 6.07) is 15.0. The van der Waals surface area contributed by atoms with Crippen LogP contribution >= 0.6 is 0 Å². The molecule has 26 heavy (non-hydrogen) atoms. The number of fused-ring (bicyclic) bond motifs is 2. The highest BCUT2D eigenvalue weighted by atomic mass is 16.3. The number of benzene rings is 3. The molecule has 0 atom stereocenters. The fraction of sp³-hybridized carbons (Fsp3) is 0.0476. The molecule has 0 spiro atoms. The molecule has 0 aromatic heterocycles. The first-order valence-electron chi connectivity index (χ1n) is 8.00. The molecule has 0 aliphatic heterocycles. The minimum Gasteiger partial charge on any atom is -0.508 e. The van der Waals surface area contributed by atoms with Gasteiger partial charge in [0.15, 0.2) is 5.78 Å². The first-order valence-corrected chi connectivity index (χ1v) is 8.00. The van der Waals surface area contributed by atoms with Gasteiger partial charge in [-0.25, -0.2) is 0 Å². The lowest BCUT2D eigenvalue weighted by molar-refractivity contribution is 0.0967. The summed E-state index contributed by atoms with van der Waals surface area (Å²) in [5.41, 5.74) is 1.19. The smallest absolute Gasteiger partial charge is 0.201 e. The summed E-state index contributed by atoms with van der Waals surface area (Å²) in [5.74, 6) is -2.08. The molecule has 128 valence electrons. The molecule has 4 rings (SSSR count). The lowest BCUT2D eigenvalue weighted by atomic mass is 9.73. The van der Waals surface area contributed by atoms with E-state index in [1.807, 2.05) is 0 Å². The molecular weight excluding hydrogens is 332 g/mol. The van der Waals surface area contributed by atoms with E-state index in [4.69, 9.17) is 0 Å². The van der Waals surface area contributed by atoms with Crippen molar-refractivity contribution in [2.45, 2.75) is 5.92 Å². The number of hydrogen-bond acceptors (Lipinski definition) is 5. The van der Waals surface area contributed by atoms with Gasteiger partial charge in [0.25, 0.3) is 0 Å². The van der Waals surface area contributed by atoms with Gasteiger partial charge in [0, 0.05) is 5.56 Å². The number of Topliss-reactive ketones (excluding diaryl/α,β-unsaturated/α-hetero) is 1. The fourth-order valence-electron chi connectivity index (χ4n) is 3.46. The van der Waals surface area contributed by atoms with Crippen molar-refractivity contribution in [1.29, 1.82) is 0 Å². The van der Waals surface area contributed by atoms with Gasteiger partial charge < -0.3 is 15.3 Å². The molecule has 0 amide bonds. The van der Waals surface area contributed by atoms with Gasteiger partial charge in [-0.15, -0.1) is 0 Å². The Balaban J connectivity index is 1.98. The Morgan fingerprint density at radius 2 is 1.23 bits per heavy atom. The van der Waals surface area contributed by atoms with Crippen molar-refractivity contribution in [2.24, 2.45) is 0 Å². The Hall–Kier alpha value is -3.60. The molecular formula is C21H14O5. The van der Waals surface area contributed by atoms with Crippen LogP contribution < -0.4 is 0 Å². The Morgan fingerprint density at radius 1 is 0.731 bits per heavy atom. The summed E-state index contributed by atoms with van der Waals surface area (Å²) < 4.78 is 0. The molecule has 0 saturated heterocycles. The monoisotopic (exact) mass is 346 g/mol. The summed E-state index contributed by atoms with van der Waals surface area (Å²) in [5, 5.41) is 29.9. The molecule has 0 unspecified atom stereocenters. The molecule has 0 bridgehead atoms. The Morgan fingerprint density at radius 3 is 1.73 bits per heavy atom. The average Bonchev–Trinajstić information content (AvgIpc) is 2.62.